The second-order valence-electron chi connectivity index (χ2n) is 14.2. The van der Waals surface area contributed by atoms with E-state index in [0.29, 0.717) is 0 Å². The highest BCUT2D eigenvalue weighted by Gasteiger charge is 2.41. The number of ether oxygens (including phenoxy) is 3. The Bertz CT molecular complexity index is 1900. The van der Waals surface area contributed by atoms with E-state index in [1.165, 1.54) is 30.3 Å². The van der Waals surface area contributed by atoms with Gasteiger partial charge in [0.2, 0.25) is 0 Å². The summed E-state index contributed by atoms with van der Waals surface area (Å²) in [7, 11) is 0. The summed E-state index contributed by atoms with van der Waals surface area (Å²) >= 11 is 12.9. The minimum absolute atomic E-state index is 0.00591. The van der Waals surface area contributed by atoms with E-state index in [2.05, 4.69) is 5.32 Å². The van der Waals surface area contributed by atoms with Crippen molar-refractivity contribution in [2.45, 2.75) is 79.1 Å². The van der Waals surface area contributed by atoms with E-state index in [-0.39, 0.29) is 50.0 Å². The van der Waals surface area contributed by atoms with Crippen LogP contribution in [0.5, 0.6) is 0 Å². The molecule has 1 fully saturated rings. The second kappa shape index (κ2) is 13.3. The molecule has 3 amide bonds. The molecule has 15 heteroatoms. The predicted molar refractivity (Wildman–Crippen MR) is 185 cm³/mol. The Balaban J connectivity index is 1.90. The van der Waals surface area contributed by atoms with E-state index in [9.17, 15) is 29.1 Å². The van der Waals surface area contributed by atoms with Crippen molar-refractivity contribution in [2.24, 2.45) is 0 Å². The van der Waals surface area contributed by atoms with E-state index >= 15 is 0 Å². The zero-order chi connectivity index (χ0) is 36.8. The fraction of sp³-hybridized carbons (Fsp3) is 0.382. The molecule has 1 saturated heterocycles. The number of aromatic nitrogens is 1. The number of carbonyl (C=O) groups is 5. The first kappa shape index (κ1) is 37.1. The van der Waals surface area contributed by atoms with Crippen LogP contribution < -0.4 is 10.3 Å². The summed E-state index contributed by atoms with van der Waals surface area (Å²) in [6.45, 7) is 14.6. The SMILES string of the molecule is CC(C)(C)OC(=O)Nc1cccc(N2C(=O)/C(=C/c3c(C(=O)O)n(C(=O)OC(C)(C)C)c4cc(Cl)cc(Cl)c34)CN2C(=O)OC(C)(C)C)c1. The standard InChI is InChI=1S/C34H38Cl2N4O9/c1-32(2,3)47-29(44)37-20-11-10-12-21(16-20)40-27(41)18(17-38(40)30(45)48-33(4,5)6)13-22-25-23(36)14-19(35)15-24(25)39(26(22)28(42)43)31(46)49-34(7,8)9/h10-16H,17H2,1-9H3,(H,37,44)(H,42,43)/b18-13+. The number of nitrogens with zero attached hydrogens (tertiary/aromatic N) is 3. The van der Waals surface area contributed by atoms with Gasteiger partial charge in [-0.05, 0) is 98.7 Å². The van der Waals surface area contributed by atoms with Gasteiger partial charge >= 0.3 is 24.2 Å². The molecule has 0 saturated carbocycles. The van der Waals surface area contributed by atoms with Gasteiger partial charge in [0.15, 0.2) is 0 Å². The topological polar surface area (TPSA) is 157 Å². The molecule has 0 radical (unpaired) electrons. The van der Waals surface area contributed by atoms with Crippen LogP contribution in [0.2, 0.25) is 10.0 Å². The molecule has 13 nitrogen and oxygen atoms in total. The van der Waals surface area contributed by atoms with Gasteiger partial charge in [-0.1, -0.05) is 29.3 Å². The lowest BCUT2D eigenvalue weighted by molar-refractivity contribution is -0.115. The van der Waals surface area contributed by atoms with Crippen LogP contribution in [0.4, 0.5) is 25.8 Å². The second-order valence-corrected chi connectivity index (χ2v) is 15.0. The van der Waals surface area contributed by atoms with E-state index < -0.39 is 52.7 Å². The van der Waals surface area contributed by atoms with Gasteiger partial charge in [-0.3, -0.25) is 10.1 Å². The van der Waals surface area contributed by atoms with Gasteiger partial charge in [-0.2, -0.15) is 0 Å². The smallest absolute Gasteiger partial charge is 0.430 e. The Morgan fingerprint density at radius 2 is 1.45 bits per heavy atom. The number of hydrogen-bond donors (Lipinski definition) is 2. The molecule has 1 aromatic heterocycles. The highest BCUT2D eigenvalue weighted by Crippen LogP contribution is 2.38. The molecule has 3 aromatic rings. The van der Waals surface area contributed by atoms with Gasteiger partial charge in [0, 0.05) is 27.2 Å². The van der Waals surface area contributed by atoms with E-state index in [0.717, 1.165) is 14.6 Å². The van der Waals surface area contributed by atoms with Crippen LogP contribution in [-0.4, -0.2) is 68.2 Å². The molecule has 0 bridgehead atoms. The zero-order valence-corrected chi connectivity index (χ0v) is 30.1. The first-order valence-corrected chi connectivity index (χ1v) is 15.9. The van der Waals surface area contributed by atoms with Crippen molar-refractivity contribution in [3.63, 3.8) is 0 Å². The number of hydrazine groups is 1. The average Bonchev–Trinajstić information content (AvgIpc) is 3.41. The summed E-state index contributed by atoms with van der Waals surface area (Å²) in [6, 6.07) is 8.86. The number of amides is 3. The Morgan fingerprint density at radius 1 is 0.857 bits per heavy atom. The molecular formula is C34H38Cl2N4O9. The molecule has 0 unspecified atom stereocenters. The van der Waals surface area contributed by atoms with Crippen LogP contribution in [0.3, 0.4) is 0 Å². The van der Waals surface area contributed by atoms with Crippen LogP contribution in [0.15, 0.2) is 42.0 Å². The Labute approximate surface area is 293 Å². The summed E-state index contributed by atoms with van der Waals surface area (Å²) in [5.74, 6) is -2.24. The van der Waals surface area contributed by atoms with Crippen LogP contribution >= 0.6 is 23.2 Å². The normalized spacial score (nSPS) is 14.8. The molecule has 4 rings (SSSR count). The van der Waals surface area contributed by atoms with Crippen molar-refractivity contribution in [1.29, 1.82) is 0 Å². The number of fused-ring (bicyclic) bond motifs is 1. The molecule has 0 spiro atoms. The molecule has 1 aliphatic heterocycles. The van der Waals surface area contributed by atoms with Crippen LogP contribution in [-0.2, 0) is 19.0 Å². The minimum atomic E-state index is -1.52. The Kier molecular flexibility index (Phi) is 10.0. The fourth-order valence-corrected chi connectivity index (χ4v) is 5.48. The molecule has 49 heavy (non-hydrogen) atoms. The first-order valence-electron chi connectivity index (χ1n) is 15.1. The number of carbonyl (C=O) groups excluding carboxylic acids is 4. The lowest BCUT2D eigenvalue weighted by Crippen LogP contribution is -2.45. The number of rotatable bonds is 4. The lowest BCUT2D eigenvalue weighted by atomic mass is 10.1. The number of halogens is 2. The monoisotopic (exact) mass is 716 g/mol. The summed E-state index contributed by atoms with van der Waals surface area (Å²) in [5.41, 5.74) is -2.92. The highest BCUT2D eigenvalue weighted by molar-refractivity contribution is 6.39. The number of nitrogens with one attached hydrogen (secondary N) is 1. The minimum Gasteiger partial charge on any atom is -0.477 e. The summed E-state index contributed by atoms with van der Waals surface area (Å²) < 4.78 is 17.3. The quantitative estimate of drug-likeness (QED) is 0.200. The lowest BCUT2D eigenvalue weighted by Gasteiger charge is -2.30. The van der Waals surface area contributed by atoms with Crippen LogP contribution in [0.1, 0.15) is 78.4 Å². The van der Waals surface area contributed by atoms with Crippen LogP contribution in [0, 0.1) is 0 Å². The fourth-order valence-electron chi connectivity index (χ4n) is 4.89. The number of hydrogen-bond acceptors (Lipinski definition) is 8. The molecule has 262 valence electrons. The maximum absolute atomic E-state index is 14.2. The third kappa shape index (κ3) is 8.65. The van der Waals surface area contributed by atoms with Crippen molar-refractivity contribution in [1.82, 2.24) is 9.58 Å². The Morgan fingerprint density at radius 3 is 2.02 bits per heavy atom. The highest BCUT2D eigenvalue weighted by atomic mass is 35.5. The molecule has 0 aliphatic carbocycles. The van der Waals surface area contributed by atoms with Gasteiger partial charge in [0.1, 0.15) is 22.5 Å². The summed E-state index contributed by atoms with van der Waals surface area (Å²) in [6.07, 6.45) is -1.37. The van der Waals surface area contributed by atoms with Crippen molar-refractivity contribution in [2.75, 3.05) is 16.9 Å². The Hall–Kier alpha value is -4.75. The maximum Gasteiger partial charge on any atom is 0.430 e. The van der Waals surface area contributed by atoms with Gasteiger partial charge in [0.25, 0.3) is 5.91 Å². The van der Waals surface area contributed by atoms with Crippen molar-refractivity contribution in [3.8, 4) is 0 Å². The molecule has 0 atom stereocenters. The van der Waals surface area contributed by atoms with Crippen molar-refractivity contribution >= 4 is 81.7 Å². The summed E-state index contributed by atoms with van der Waals surface area (Å²) in [5, 5.41) is 15.3. The number of carboxylic acids is 1. The van der Waals surface area contributed by atoms with Crippen molar-refractivity contribution < 1.29 is 43.3 Å². The van der Waals surface area contributed by atoms with Gasteiger partial charge in [0.05, 0.1) is 22.8 Å². The van der Waals surface area contributed by atoms with Gasteiger partial charge in [-0.15, -0.1) is 0 Å². The third-order valence-corrected chi connectivity index (χ3v) is 7.01. The number of benzene rings is 2. The number of aromatic carboxylic acids is 1. The largest absolute Gasteiger partial charge is 0.477 e. The molecule has 2 N–H and O–H groups in total. The molecule has 2 aromatic carbocycles. The van der Waals surface area contributed by atoms with E-state index in [1.54, 1.807) is 74.4 Å². The average molecular weight is 718 g/mol. The number of carboxylic acid groups (broad SMARTS) is 1. The van der Waals surface area contributed by atoms with E-state index in [4.69, 9.17) is 37.4 Å². The molecular weight excluding hydrogens is 679 g/mol. The third-order valence-electron chi connectivity index (χ3n) is 6.49. The van der Waals surface area contributed by atoms with Crippen LogP contribution in [0.25, 0.3) is 17.0 Å². The molecule has 1 aliphatic rings. The maximum atomic E-state index is 14.2. The first-order chi connectivity index (χ1) is 22.5. The zero-order valence-electron chi connectivity index (χ0n) is 28.6. The predicted octanol–water partition coefficient (Wildman–Crippen LogP) is 8.36. The molecule has 2 heterocycles. The van der Waals surface area contributed by atoms with Gasteiger partial charge in [-0.25, -0.2) is 33.8 Å². The van der Waals surface area contributed by atoms with Gasteiger partial charge < -0.3 is 19.3 Å². The number of anilines is 2. The van der Waals surface area contributed by atoms with Crippen molar-refractivity contribution in [3.05, 3.63) is 63.3 Å². The van der Waals surface area contributed by atoms with E-state index in [1.807, 2.05) is 0 Å². The summed E-state index contributed by atoms with van der Waals surface area (Å²) in [4.78, 5) is 66.4.